The van der Waals surface area contributed by atoms with Crippen molar-refractivity contribution in [1.29, 1.82) is 0 Å². The van der Waals surface area contributed by atoms with Gasteiger partial charge in [-0.25, -0.2) is 15.0 Å². The van der Waals surface area contributed by atoms with E-state index in [0.29, 0.717) is 23.4 Å². The van der Waals surface area contributed by atoms with Crippen molar-refractivity contribution in [2.24, 2.45) is 5.92 Å². The summed E-state index contributed by atoms with van der Waals surface area (Å²) in [5, 5.41) is 7.80. The van der Waals surface area contributed by atoms with Gasteiger partial charge in [-0.15, -0.1) is 0 Å². The van der Waals surface area contributed by atoms with Crippen molar-refractivity contribution in [3.8, 4) is 45.0 Å². The van der Waals surface area contributed by atoms with Gasteiger partial charge in [0.25, 0.3) is 0 Å². The van der Waals surface area contributed by atoms with Crippen LogP contribution >= 0.6 is 0 Å². The minimum absolute atomic E-state index is 0.514. The number of fused-ring (bicyclic) bond motifs is 3. The number of nitrogens with zero attached hydrogens (tertiary/aromatic N) is 3. The molecular formula is C47H39N3. The van der Waals surface area contributed by atoms with E-state index >= 15 is 0 Å². The number of hydrogen-bond acceptors (Lipinski definition) is 3. The van der Waals surface area contributed by atoms with Crippen molar-refractivity contribution >= 4 is 39.3 Å². The highest BCUT2D eigenvalue weighted by molar-refractivity contribution is 6.09. The highest BCUT2D eigenvalue weighted by atomic mass is 15.0. The van der Waals surface area contributed by atoms with Gasteiger partial charge in [-0.3, -0.25) is 0 Å². The molecule has 242 valence electrons. The highest BCUT2D eigenvalue weighted by Gasteiger charge is 2.15. The molecule has 1 aromatic heterocycles. The molecule has 3 heteroatoms. The van der Waals surface area contributed by atoms with Crippen molar-refractivity contribution in [3.63, 3.8) is 0 Å². The Morgan fingerprint density at radius 3 is 1.82 bits per heavy atom. The third-order valence-electron chi connectivity index (χ3n) is 9.69. The molecule has 0 amide bonds. The van der Waals surface area contributed by atoms with Gasteiger partial charge >= 0.3 is 0 Å². The SMILES string of the molecule is C/C=c1\c(=C/CC)c2cc(-c3cccc(-c4cccc(-c5nc(C6=CCC(C)C=C6)nc(-c6ccccc6)n5)c4)c3)ccc2c2ccccc12. The van der Waals surface area contributed by atoms with Crippen molar-refractivity contribution in [1.82, 2.24) is 15.0 Å². The average Bonchev–Trinajstić information content (AvgIpc) is 3.18. The van der Waals surface area contributed by atoms with E-state index in [0.717, 1.165) is 40.7 Å². The fourth-order valence-corrected chi connectivity index (χ4v) is 7.12. The smallest absolute Gasteiger partial charge is 0.164 e. The maximum absolute atomic E-state index is 5.02. The molecule has 1 unspecified atom stereocenters. The van der Waals surface area contributed by atoms with Crippen LogP contribution in [0.3, 0.4) is 0 Å². The van der Waals surface area contributed by atoms with Crippen LogP contribution in [0.25, 0.3) is 84.3 Å². The van der Waals surface area contributed by atoms with Crippen molar-refractivity contribution in [3.05, 3.63) is 156 Å². The van der Waals surface area contributed by atoms with Crippen molar-refractivity contribution in [2.75, 3.05) is 0 Å². The molecular weight excluding hydrogens is 607 g/mol. The predicted octanol–water partition coefficient (Wildman–Crippen LogP) is 10.8. The second-order valence-corrected chi connectivity index (χ2v) is 13.1. The second-order valence-electron chi connectivity index (χ2n) is 13.1. The molecule has 0 N–H and O–H groups in total. The first-order valence-corrected chi connectivity index (χ1v) is 17.6. The zero-order valence-corrected chi connectivity index (χ0v) is 28.8. The van der Waals surface area contributed by atoms with Gasteiger partial charge in [-0.1, -0.05) is 147 Å². The number of benzene rings is 6. The third kappa shape index (κ3) is 5.97. The molecule has 6 aromatic carbocycles. The standard InChI is InChI=1S/C47H39N3/c1-4-13-40-39(5-2)41-20-9-10-21-42(41)43-27-26-37(30-44(40)43)35-17-11-16-34(28-35)36-18-12-19-38(29-36)47-49-45(32-14-7-6-8-15-32)48-46(50-47)33-24-22-31(3)23-25-33/h5-22,24-31H,4,23H2,1-3H3/b39-5+,40-13+. The third-order valence-corrected chi connectivity index (χ3v) is 9.69. The fraction of sp³-hybridized carbons (Fsp3) is 0.128. The molecule has 1 aliphatic carbocycles. The quantitative estimate of drug-likeness (QED) is 0.169. The van der Waals surface area contributed by atoms with Gasteiger partial charge < -0.3 is 0 Å². The van der Waals surface area contributed by atoms with Gasteiger partial charge in [0.1, 0.15) is 0 Å². The average molecular weight is 646 g/mol. The maximum atomic E-state index is 5.02. The Labute approximate surface area is 293 Å². The molecule has 3 nitrogen and oxygen atoms in total. The van der Waals surface area contributed by atoms with E-state index in [2.05, 4.69) is 154 Å². The molecule has 1 heterocycles. The summed E-state index contributed by atoms with van der Waals surface area (Å²) in [6.07, 6.45) is 13.2. The molecule has 0 bridgehead atoms. The molecule has 0 fully saturated rings. The Balaban J connectivity index is 1.22. The van der Waals surface area contributed by atoms with Crippen LogP contribution in [0.4, 0.5) is 0 Å². The van der Waals surface area contributed by atoms with Gasteiger partial charge in [0.15, 0.2) is 17.5 Å². The summed E-state index contributed by atoms with van der Waals surface area (Å²) in [4.78, 5) is 14.9. The Kier molecular flexibility index (Phi) is 8.48. The van der Waals surface area contributed by atoms with Crippen LogP contribution in [0.1, 0.15) is 39.4 Å². The fourth-order valence-electron chi connectivity index (χ4n) is 7.12. The molecule has 0 saturated heterocycles. The molecule has 0 radical (unpaired) electrons. The Morgan fingerprint density at radius 2 is 1.14 bits per heavy atom. The molecule has 50 heavy (non-hydrogen) atoms. The Hall–Kier alpha value is -5.93. The summed E-state index contributed by atoms with van der Waals surface area (Å²) >= 11 is 0. The van der Waals surface area contributed by atoms with Crippen molar-refractivity contribution < 1.29 is 0 Å². The molecule has 0 aliphatic heterocycles. The molecule has 8 rings (SSSR count). The zero-order chi connectivity index (χ0) is 34.0. The van der Waals surface area contributed by atoms with Crippen LogP contribution in [0, 0.1) is 5.92 Å². The number of aromatic nitrogens is 3. The van der Waals surface area contributed by atoms with E-state index in [1.165, 1.54) is 43.1 Å². The molecule has 0 saturated carbocycles. The summed E-state index contributed by atoms with van der Waals surface area (Å²) in [6.45, 7) is 6.59. The second kappa shape index (κ2) is 13.5. The number of rotatable bonds is 6. The van der Waals surface area contributed by atoms with Crippen LogP contribution in [0.15, 0.2) is 140 Å². The van der Waals surface area contributed by atoms with Gasteiger partial charge in [0.05, 0.1) is 0 Å². The summed E-state index contributed by atoms with van der Waals surface area (Å²) in [5.74, 6) is 2.57. The molecule has 1 atom stereocenters. The molecule has 7 aromatic rings. The van der Waals surface area contributed by atoms with Crippen LogP contribution < -0.4 is 10.4 Å². The minimum atomic E-state index is 0.514. The first kappa shape index (κ1) is 31.3. The van der Waals surface area contributed by atoms with Gasteiger partial charge in [0.2, 0.25) is 0 Å². The maximum Gasteiger partial charge on any atom is 0.164 e. The van der Waals surface area contributed by atoms with E-state index in [4.69, 9.17) is 15.0 Å². The van der Waals surface area contributed by atoms with E-state index in [9.17, 15) is 0 Å². The lowest BCUT2D eigenvalue weighted by Crippen LogP contribution is -2.26. The van der Waals surface area contributed by atoms with Gasteiger partial charge in [0, 0.05) is 16.7 Å². The highest BCUT2D eigenvalue weighted by Crippen LogP contribution is 2.32. The molecule has 0 spiro atoms. The lowest BCUT2D eigenvalue weighted by molar-refractivity contribution is 0.738. The predicted molar refractivity (Wildman–Crippen MR) is 212 cm³/mol. The largest absolute Gasteiger partial charge is 0.208 e. The van der Waals surface area contributed by atoms with Crippen LogP contribution in [-0.2, 0) is 0 Å². The molecule has 1 aliphatic rings. The van der Waals surface area contributed by atoms with Crippen LogP contribution in [-0.4, -0.2) is 15.0 Å². The van der Waals surface area contributed by atoms with E-state index < -0.39 is 0 Å². The van der Waals surface area contributed by atoms with E-state index in [1.807, 2.05) is 18.2 Å². The summed E-state index contributed by atoms with van der Waals surface area (Å²) in [5.41, 5.74) is 7.64. The Bertz CT molecular complexity index is 2580. The lowest BCUT2D eigenvalue weighted by atomic mass is 9.93. The lowest BCUT2D eigenvalue weighted by Gasteiger charge is -2.13. The number of allylic oxidation sites excluding steroid dienone is 4. The first-order valence-electron chi connectivity index (χ1n) is 17.6. The van der Waals surface area contributed by atoms with Crippen LogP contribution in [0.5, 0.6) is 0 Å². The van der Waals surface area contributed by atoms with Gasteiger partial charge in [-0.2, -0.15) is 0 Å². The number of hydrogen-bond donors (Lipinski definition) is 0. The zero-order valence-electron chi connectivity index (χ0n) is 28.8. The van der Waals surface area contributed by atoms with E-state index in [1.54, 1.807) is 0 Å². The first-order chi connectivity index (χ1) is 24.6. The van der Waals surface area contributed by atoms with Crippen molar-refractivity contribution in [2.45, 2.75) is 33.6 Å². The van der Waals surface area contributed by atoms with Crippen LogP contribution in [0.2, 0.25) is 0 Å². The monoisotopic (exact) mass is 645 g/mol. The van der Waals surface area contributed by atoms with Gasteiger partial charge in [-0.05, 0) is 98.1 Å². The summed E-state index contributed by atoms with van der Waals surface area (Å²) in [6, 6.07) is 43.3. The summed E-state index contributed by atoms with van der Waals surface area (Å²) in [7, 11) is 0. The Morgan fingerprint density at radius 1 is 0.560 bits per heavy atom. The normalized spacial score (nSPS) is 15.2. The van der Waals surface area contributed by atoms with E-state index in [-0.39, 0.29) is 0 Å². The topological polar surface area (TPSA) is 38.7 Å². The summed E-state index contributed by atoms with van der Waals surface area (Å²) < 4.78 is 0. The minimum Gasteiger partial charge on any atom is -0.208 e.